The van der Waals surface area contributed by atoms with Gasteiger partial charge >= 0.3 is 0 Å². The minimum absolute atomic E-state index is 0.339. The summed E-state index contributed by atoms with van der Waals surface area (Å²) in [7, 11) is 0. The van der Waals surface area contributed by atoms with Crippen LogP contribution in [0.3, 0.4) is 0 Å². The Hall–Kier alpha value is -0.870. The highest BCUT2D eigenvalue weighted by Gasteiger charge is 2.17. The molecule has 0 radical (unpaired) electrons. The van der Waals surface area contributed by atoms with Crippen molar-refractivity contribution in [3.05, 3.63) is 16.5 Å². The lowest BCUT2D eigenvalue weighted by molar-refractivity contribution is 0.624. The van der Waals surface area contributed by atoms with Gasteiger partial charge in [-0.25, -0.2) is 9.97 Å². The lowest BCUT2D eigenvalue weighted by Crippen LogP contribution is -2.27. The lowest BCUT2D eigenvalue weighted by atomic mass is 10.1. The maximum Gasteiger partial charge on any atom is 0.224 e. The molecule has 0 fully saturated rings. The number of fused-ring (bicyclic) bond motifs is 1. The zero-order valence-electron chi connectivity index (χ0n) is 9.68. The molecule has 5 heteroatoms. The molecule has 0 bridgehead atoms. The highest BCUT2D eigenvalue weighted by Crippen LogP contribution is 2.22. The maximum absolute atomic E-state index is 5.93. The molecule has 2 N–H and O–H groups in total. The van der Waals surface area contributed by atoms with Crippen LogP contribution in [0.15, 0.2) is 0 Å². The van der Waals surface area contributed by atoms with Gasteiger partial charge in [0.1, 0.15) is 5.82 Å². The van der Waals surface area contributed by atoms with Crippen LogP contribution >= 0.6 is 11.6 Å². The SMILES string of the molecule is CCC(C)Nc1nc(Cl)nc2c1CNCC2. The van der Waals surface area contributed by atoms with Gasteiger partial charge in [-0.15, -0.1) is 0 Å². The van der Waals surface area contributed by atoms with Crippen molar-refractivity contribution in [3.63, 3.8) is 0 Å². The molecular weight excluding hydrogens is 224 g/mol. The summed E-state index contributed by atoms with van der Waals surface area (Å²) in [4.78, 5) is 8.56. The first kappa shape index (κ1) is 11.6. The van der Waals surface area contributed by atoms with Gasteiger partial charge in [0.15, 0.2) is 0 Å². The second-order valence-corrected chi connectivity index (χ2v) is 4.48. The third-order valence-corrected chi connectivity index (χ3v) is 3.07. The van der Waals surface area contributed by atoms with E-state index in [9.17, 15) is 0 Å². The van der Waals surface area contributed by atoms with Crippen LogP contribution in [0.5, 0.6) is 0 Å². The fourth-order valence-electron chi connectivity index (χ4n) is 1.77. The lowest BCUT2D eigenvalue weighted by Gasteiger charge is -2.21. The molecule has 1 unspecified atom stereocenters. The van der Waals surface area contributed by atoms with Crippen molar-refractivity contribution in [2.75, 3.05) is 11.9 Å². The molecule has 0 saturated carbocycles. The monoisotopic (exact) mass is 240 g/mol. The average molecular weight is 241 g/mol. The number of hydrogen-bond donors (Lipinski definition) is 2. The predicted octanol–water partition coefficient (Wildman–Crippen LogP) is 1.99. The Morgan fingerprint density at radius 1 is 1.50 bits per heavy atom. The van der Waals surface area contributed by atoms with Crippen LogP contribution in [0.2, 0.25) is 5.28 Å². The maximum atomic E-state index is 5.93. The molecular formula is C11H17ClN4. The minimum Gasteiger partial charge on any atom is -0.367 e. The fraction of sp³-hybridized carbons (Fsp3) is 0.636. The Morgan fingerprint density at radius 2 is 2.31 bits per heavy atom. The second-order valence-electron chi connectivity index (χ2n) is 4.15. The van der Waals surface area contributed by atoms with Gasteiger partial charge in [-0.3, -0.25) is 0 Å². The molecule has 88 valence electrons. The van der Waals surface area contributed by atoms with Crippen molar-refractivity contribution in [1.82, 2.24) is 15.3 Å². The predicted molar refractivity (Wildman–Crippen MR) is 65.8 cm³/mol. The molecule has 1 atom stereocenters. The number of nitrogens with zero attached hydrogens (tertiary/aromatic N) is 2. The number of hydrogen-bond acceptors (Lipinski definition) is 4. The van der Waals surface area contributed by atoms with E-state index in [1.165, 1.54) is 0 Å². The summed E-state index contributed by atoms with van der Waals surface area (Å²) < 4.78 is 0. The van der Waals surface area contributed by atoms with Crippen LogP contribution in [0.4, 0.5) is 5.82 Å². The number of anilines is 1. The molecule has 1 aliphatic rings. The summed E-state index contributed by atoms with van der Waals surface area (Å²) in [5, 5.41) is 7.05. The first-order chi connectivity index (χ1) is 7.70. The summed E-state index contributed by atoms with van der Waals surface area (Å²) in [6, 6.07) is 0.400. The number of rotatable bonds is 3. The van der Waals surface area contributed by atoms with Crippen LogP contribution in [0.1, 0.15) is 31.5 Å². The first-order valence-corrected chi connectivity index (χ1v) is 6.11. The summed E-state index contributed by atoms with van der Waals surface area (Å²) in [5.41, 5.74) is 2.24. The molecule has 2 heterocycles. The molecule has 0 aliphatic carbocycles. The van der Waals surface area contributed by atoms with Crippen molar-refractivity contribution >= 4 is 17.4 Å². The largest absolute Gasteiger partial charge is 0.367 e. The molecule has 16 heavy (non-hydrogen) atoms. The molecule has 0 amide bonds. The highest BCUT2D eigenvalue weighted by atomic mass is 35.5. The Bertz CT molecular complexity index is 380. The van der Waals surface area contributed by atoms with Crippen molar-refractivity contribution in [3.8, 4) is 0 Å². The van der Waals surface area contributed by atoms with Gasteiger partial charge in [0.25, 0.3) is 0 Å². The van der Waals surface area contributed by atoms with Crippen LogP contribution in [0.25, 0.3) is 0 Å². The quantitative estimate of drug-likeness (QED) is 0.794. The smallest absolute Gasteiger partial charge is 0.224 e. The van der Waals surface area contributed by atoms with E-state index in [1.54, 1.807) is 0 Å². The van der Waals surface area contributed by atoms with Gasteiger partial charge in [0, 0.05) is 31.1 Å². The summed E-state index contributed by atoms with van der Waals surface area (Å²) in [5.74, 6) is 0.886. The minimum atomic E-state index is 0.339. The van der Waals surface area contributed by atoms with Crippen LogP contribution < -0.4 is 10.6 Å². The molecule has 1 aromatic heterocycles. The zero-order chi connectivity index (χ0) is 11.5. The Morgan fingerprint density at radius 3 is 3.06 bits per heavy atom. The fourth-order valence-corrected chi connectivity index (χ4v) is 1.95. The number of aromatic nitrogens is 2. The van der Waals surface area contributed by atoms with Gasteiger partial charge in [-0.05, 0) is 24.9 Å². The summed E-state index contributed by atoms with van der Waals surface area (Å²) in [6.07, 6.45) is 1.98. The molecule has 0 spiro atoms. The molecule has 2 rings (SSSR count). The molecule has 1 aliphatic heterocycles. The Labute approximate surface area is 101 Å². The highest BCUT2D eigenvalue weighted by molar-refractivity contribution is 6.28. The second kappa shape index (κ2) is 4.97. The van der Waals surface area contributed by atoms with Gasteiger partial charge in [-0.1, -0.05) is 6.92 Å². The number of halogens is 1. The van der Waals surface area contributed by atoms with Gasteiger partial charge in [0.2, 0.25) is 5.28 Å². The van der Waals surface area contributed by atoms with Crippen molar-refractivity contribution in [1.29, 1.82) is 0 Å². The van der Waals surface area contributed by atoms with E-state index in [0.717, 1.165) is 43.0 Å². The van der Waals surface area contributed by atoms with Crippen molar-refractivity contribution in [2.24, 2.45) is 0 Å². The number of nitrogens with one attached hydrogen (secondary N) is 2. The summed E-state index contributed by atoms with van der Waals surface area (Å²) in [6.45, 7) is 6.07. The third kappa shape index (κ3) is 2.44. The van der Waals surface area contributed by atoms with E-state index < -0.39 is 0 Å². The van der Waals surface area contributed by atoms with E-state index in [4.69, 9.17) is 11.6 Å². The Balaban J connectivity index is 2.31. The summed E-state index contributed by atoms with van der Waals surface area (Å²) >= 11 is 5.93. The van der Waals surface area contributed by atoms with Crippen molar-refractivity contribution < 1.29 is 0 Å². The van der Waals surface area contributed by atoms with E-state index in [2.05, 4.69) is 34.4 Å². The van der Waals surface area contributed by atoms with Gasteiger partial charge < -0.3 is 10.6 Å². The van der Waals surface area contributed by atoms with Crippen molar-refractivity contribution in [2.45, 2.75) is 39.3 Å². The molecule has 4 nitrogen and oxygen atoms in total. The van der Waals surface area contributed by atoms with E-state index in [1.807, 2.05) is 0 Å². The molecule has 1 aromatic rings. The zero-order valence-corrected chi connectivity index (χ0v) is 10.4. The average Bonchev–Trinajstić information content (AvgIpc) is 2.28. The topological polar surface area (TPSA) is 49.8 Å². The van der Waals surface area contributed by atoms with Gasteiger partial charge in [0.05, 0.1) is 5.69 Å². The van der Waals surface area contributed by atoms with Crippen LogP contribution in [0, 0.1) is 0 Å². The Kier molecular flexibility index (Phi) is 3.61. The first-order valence-electron chi connectivity index (χ1n) is 5.73. The standard InChI is InChI=1S/C11H17ClN4/c1-3-7(2)14-10-8-6-13-5-4-9(8)15-11(12)16-10/h7,13H,3-6H2,1-2H3,(H,14,15,16). The third-order valence-electron chi connectivity index (χ3n) is 2.90. The van der Waals surface area contributed by atoms with Crippen LogP contribution in [-0.2, 0) is 13.0 Å². The van der Waals surface area contributed by atoms with E-state index >= 15 is 0 Å². The van der Waals surface area contributed by atoms with Crippen LogP contribution in [-0.4, -0.2) is 22.6 Å². The normalized spacial score (nSPS) is 16.7. The van der Waals surface area contributed by atoms with E-state index in [0.29, 0.717) is 11.3 Å². The van der Waals surface area contributed by atoms with E-state index in [-0.39, 0.29) is 0 Å². The molecule has 0 aromatic carbocycles. The van der Waals surface area contributed by atoms with Gasteiger partial charge in [-0.2, -0.15) is 0 Å². The molecule has 0 saturated heterocycles.